The lowest BCUT2D eigenvalue weighted by Gasteiger charge is -2.09. The van der Waals surface area contributed by atoms with E-state index in [9.17, 15) is 0 Å². The number of furan rings is 1. The lowest BCUT2D eigenvalue weighted by molar-refractivity contribution is 0.465. The van der Waals surface area contributed by atoms with Crippen LogP contribution in [0.2, 0.25) is 0 Å². The maximum Gasteiger partial charge on any atom is 0.110 e. The van der Waals surface area contributed by atoms with Crippen molar-refractivity contribution >= 4 is 0 Å². The van der Waals surface area contributed by atoms with Crippen molar-refractivity contribution in [2.24, 2.45) is 0 Å². The van der Waals surface area contributed by atoms with Crippen LogP contribution in [0, 0.1) is 0 Å². The number of unbranched alkanes of at least 4 members (excludes halogenated alkanes) is 7. The average molecular weight is 248 g/mol. The number of hydrogen-bond acceptors (Lipinski definition) is 1. The third kappa shape index (κ3) is 6.09. The molecule has 0 saturated carbocycles. The topological polar surface area (TPSA) is 13.1 Å². The molecule has 1 unspecified atom stereocenters. The summed E-state index contributed by atoms with van der Waals surface area (Å²) in [6, 6.07) is 4.01. The fourth-order valence-electron chi connectivity index (χ4n) is 2.38. The van der Waals surface area contributed by atoms with Crippen molar-refractivity contribution in [3.05, 3.63) is 36.8 Å². The smallest absolute Gasteiger partial charge is 0.110 e. The molecule has 0 aliphatic rings. The molecule has 1 aromatic rings. The number of allylic oxidation sites excluding steroid dienone is 1. The SMILES string of the molecule is C=CC(CCCCCCCCCC)c1ccco1. The van der Waals surface area contributed by atoms with Crippen LogP contribution < -0.4 is 0 Å². The monoisotopic (exact) mass is 248 g/mol. The second kappa shape index (κ2) is 9.99. The molecule has 0 N–H and O–H groups in total. The molecule has 0 fully saturated rings. The highest BCUT2D eigenvalue weighted by molar-refractivity contribution is 5.10. The molecule has 1 rings (SSSR count). The molecule has 1 heteroatoms. The van der Waals surface area contributed by atoms with Crippen molar-refractivity contribution in [1.29, 1.82) is 0 Å². The predicted molar refractivity (Wildman–Crippen MR) is 78.9 cm³/mol. The highest BCUT2D eigenvalue weighted by Gasteiger charge is 2.09. The largest absolute Gasteiger partial charge is 0.469 e. The van der Waals surface area contributed by atoms with Gasteiger partial charge in [-0.05, 0) is 18.6 Å². The minimum absolute atomic E-state index is 0.403. The van der Waals surface area contributed by atoms with Crippen LogP contribution in [0.4, 0.5) is 0 Å². The van der Waals surface area contributed by atoms with Gasteiger partial charge in [-0.2, -0.15) is 0 Å². The predicted octanol–water partition coefficient (Wildman–Crippen LogP) is 6.08. The van der Waals surface area contributed by atoms with Crippen molar-refractivity contribution < 1.29 is 4.42 Å². The summed E-state index contributed by atoms with van der Waals surface area (Å²) in [5.74, 6) is 1.47. The molecule has 0 aliphatic carbocycles. The third-order valence-corrected chi connectivity index (χ3v) is 3.56. The Morgan fingerprint density at radius 3 is 2.33 bits per heavy atom. The highest BCUT2D eigenvalue weighted by Crippen LogP contribution is 2.24. The Labute approximate surface area is 112 Å². The zero-order chi connectivity index (χ0) is 13.1. The Morgan fingerprint density at radius 2 is 1.78 bits per heavy atom. The third-order valence-electron chi connectivity index (χ3n) is 3.56. The quantitative estimate of drug-likeness (QED) is 0.341. The van der Waals surface area contributed by atoms with E-state index in [4.69, 9.17) is 4.42 Å². The van der Waals surface area contributed by atoms with Crippen LogP contribution in [-0.2, 0) is 0 Å². The molecule has 0 amide bonds. The maximum atomic E-state index is 5.44. The van der Waals surface area contributed by atoms with Gasteiger partial charge in [0.25, 0.3) is 0 Å². The van der Waals surface area contributed by atoms with Crippen molar-refractivity contribution in [1.82, 2.24) is 0 Å². The Kier molecular flexibility index (Phi) is 8.37. The lowest BCUT2D eigenvalue weighted by Crippen LogP contribution is -1.93. The highest BCUT2D eigenvalue weighted by atomic mass is 16.3. The summed E-state index contributed by atoms with van der Waals surface area (Å²) < 4.78 is 5.44. The maximum absolute atomic E-state index is 5.44. The fraction of sp³-hybridized carbons (Fsp3) is 0.647. The van der Waals surface area contributed by atoms with Crippen molar-refractivity contribution in [2.75, 3.05) is 0 Å². The van der Waals surface area contributed by atoms with E-state index in [2.05, 4.69) is 19.6 Å². The van der Waals surface area contributed by atoms with Gasteiger partial charge in [0.1, 0.15) is 5.76 Å². The van der Waals surface area contributed by atoms with E-state index in [1.54, 1.807) is 6.26 Å². The van der Waals surface area contributed by atoms with Gasteiger partial charge in [-0.1, -0.05) is 64.4 Å². The summed E-state index contributed by atoms with van der Waals surface area (Å²) in [6.45, 7) is 6.17. The van der Waals surface area contributed by atoms with Crippen molar-refractivity contribution in [3.8, 4) is 0 Å². The number of hydrogen-bond donors (Lipinski definition) is 0. The molecule has 18 heavy (non-hydrogen) atoms. The molecule has 0 aromatic carbocycles. The number of rotatable bonds is 11. The van der Waals surface area contributed by atoms with Gasteiger partial charge in [-0.25, -0.2) is 0 Å². The first-order valence-electron chi connectivity index (χ1n) is 7.54. The summed E-state index contributed by atoms with van der Waals surface area (Å²) in [6.07, 6.45) is 15.9. The minimum Gasteiger partial charge on any atom is -0.469 e. The van der Waals surface area contributed by atoms with Gasteiger partial charge in [-0.15, -0.1) is 6.58 Å². The van der Waals surface area contributed by atoms with Crippen LogP contribution in [-0.4, -0.2) is 0 Å². The Morgan fingerprint density at radius 1 is 1.11 bits per heavy atom. The second-order valence-corrected chi connectivity index (χ2v) is 5.12. The van der Waals surface area contributed by atoms with E-state index in [1.165, 1.54) is 57.8 Å². The van der Waals surface area contributed by atoms with E-state index in [-0.39, 0.29) is 0 Å². The lowest BCUT2D eigenvalue weighted by atomic mass is 9.98. The van der Waals surface area contributed by atoms with Gasteiger partial charge < -0.3 is 4.42 Å². The molecule has 102 valence electrons. The standard InChI is InChI=1S/C17H28O/c1-3-5-6-7-8-9-10-11-13-16(4-2)17-14-12-15-18-17/h4,12,14-16H,2-3,5-11,13H2,1H3. The van der Waals surface area contributed by atoms with Crippen molar-refractivity contribution in [2.45, 2.75) is 70.6 Å². The van der Waals surface area contributed by atoms with Crippen LogP contribution >= 0.6 is 0 Å². The first-order valence-corrected chi connectivity index (χ1v) is 7.54. The second-order valence-electron chi connectivity index (χ2n) is 5.12. The molecule has 1 atom stereocenters. The minimum atomic E-state index is 0.403. The molecule has 1 nitrogen and oxygen atoms in total. The molecular formula is C17H28O. The first-order chi connectivity index (χ1) is 8.88. The molecule has 0 bridgehead atoms. The van der Waals surface area contributed by atoms with Crippen LogP contribution in [0.25, 0.3) is 0 Å². The Hall–Kier alpha value is -0.980. The van der Waals surface area contributed by atoms with Crippen LogP contribution in [0.5, 0.6) is 0 Å². The average Bonchev–Trinajstić information content (AvgIpc) is 2.91. The van der Waals surface area contributed by atoms with Gasteiger partial charge in [0.15, 0.2) is 0 Å². The van der Waals surface area contributed by atoms with Gasteiger partial charge in [0.05, 0.1) is 6.26 Å². The summed E-state index contributed by atoms with van der Waals surface area (Å²) in [4.78, 5) is 0. The summed E-state index contributed by atoms with van der Waals surface area (Å²) in [5, 5.41) is 0. The van der Waals surface area contributed by atoms with Gasteiger partial charge in [0.2, 0.25) is 0 Å². The molecule has 0 aliphatic heterocycles. The van der Waals surface area contributed by atoms with Crippen LogP contribution in [0.3, 0.4) is 0 Å². The summed E-state index contributed by atoms with van der Waals surface area (Å²) >= 11 is 0. The summed E-state index contributed by atoms with van der Waals surface area (Å²) in [5.41, 5.74) is 0. The zero-order valence-corrected chi connectivity index (χ0v) is 11.9. The molecule has 0 saturated heterocycles. The zero-order valence-electron chi connectivity index (χ0n) is 11.9. The molecule has 1 heterocycles. The molecule has 0 spiro atoms. The Bertz CT molecular complexity index is 287. The summed E-state index contributed by atoms with van der Waals surface area (Å²) in [7, 11) is 0. The molecule has 0 radical (unpaired) electrons. The molecular weight excluding hydrogens is 220 g/mol. The van der Waals surface area contributed by atoms with E-state index in [0.717, 1.165) is 5.76 Å². The van der Waals surface area contributed by atoms with Gasteiger partial charge in [-0.3, -0.25) is 0 Å². The fourth-order valence-corrected chi connectivity index (χ4v) is 2.38. The van der Waals surface area contributed by atoms with Gasteiger partial charge >= 0.3 is 0 Å². The first kappa shape index (κ1) is 15.1. The molecule has 1 aromatic heterocycles. The van der Waals surface area contributed by atoms with Crippen LogP contribution in [0.15, 0.2) is 35.5 Å². The van der Waals surface area contributed by atoms with E-state index >= 15 is 0 Å². The van der Waals surface area contributed by atoms with E-state index in [1.807, 2.05) is 12.1 Å². The normalized spacial score (nSPS) is 12.5. The van der Waals surface area contributed by atoms with Crippen LogP contribution in [0.1, 0.15) is 76.4 Å². The van der Waals surface area contributed by atoms with Gasteiger partial charge in [0, 0.05) is 5.92 Å². The van der Waals surface area contributed by atoms with E-state index < -0.39 is 0 Å². The Balaban J connectivity index is 2.01. The van der Waals surface area contributed by atoms with E-state index in [0.29, 0.717) is 5.92 Å². The van der Waals surface area contributed by atoms with Crippen molar-refractivity contribution in [3.63, 3.8) is 0 Å².